The van der Waals surface area contributed by atoms with Crippen LogP contribution in [-0.4, -0.2) is 50.0 Å². The molecule has 0 fully saturated rings. The first-order chi connectivity index (χ1) is 15.7. The van der Waals surface area contributed by atoms with E-state index in [4.69, 9.17) is 4.74 Å². The number of fused-ring (bicyclic) bond motifs is 2. The summed E-state index contributed by atoms with van der Waals surface area (Å²) >= 11 is 0. The van der Waals surface area contributed by atoms with Crippen molar-refractivity contribution in [1.82, 2.24) is 21.3 Å². The third-order valence-corrected chi connectivity index (χ3v) is 6.48. The highest BCUT2D eigenvalue weighted by molar-refractivity contribution is 5.93. The molecule has 0 saturated heterocycles. The van der Waals surface area contributed by atoms with Crippen molar-refractivity contribution in [2.75, 3.05) is 14.2 Å². The third kappa shape index (κ3) is 6.81. The molecule has 3 amide bonds. The molecule has 0 saturated carbocycles. The van der Waals surface area contributed by atoms with Crippen molar-refractivity contribution in [2.24, 2.45) is 11.8 Å². The summed E-state index contributed by atoms with van der Waals surface area (Å²) in [5, 5.41) is 11.7. The van der Waals surface area contributed by atoms with E-state index in [0.717, 1.165) is 11.1 Å². The Morgan fingerprint density at radius 2 is 1.61 bits per heavy atom. The van der Waals surface area contributed by atoms with Crippen LogP contribution in [0.25, 0.3) is 6.08 Å². The zero-order valence-electron chi connectivity index (χ0n) is 20.5. The molecule has 1 aromatic rings. The van der Waals surface area contributed by atoms with Gasteiger partial charge in [-0.3, -0.25) is 14.4 Å². The molecule has 0 unspecified atom stereocenters. The smallest absolute Gasteiger partial charge is 0.246 e. The van der Waals surface area contributed by atoms with Gasteiger partial charge < -0.3 is 26.0 Å². The molecule has 1 heterocycles. The maximum absolute atomic E-state index is 13.3. The lowest BCUT2D eigenvalue weighted by atomic mass is 9.94. The summed E-state index contributed by atoms with van der Waals surface area (Å²) in [5.41, 5.74) is 1.70. The van der Waals surface area contributed by atoms with Crippen molar-refractivity contribution in [1.29, 1.82) is 0 Å². The Morgan fingerprint density at radius 1 is 1.00 bits per heavy atom. The molecule has 33 heavy (non-hydrogen) atoms. The van der Waals surface area contributed by atoms with Gasteiger partial charge in [-0.05, 0) is 48.2 Å². The quantitative estimate of drug-likeness (QED) is 0.521. The number of carbonyl (C=O) groups is 3. The number of nitrogens with one attached hydrogen (secondary N) is 4. The summed E-state index contributed by atoms with van der Waals surface area (Å²) in [7, 11) is 3.30. The van der Waals surface area contributed by atoms with E-state index in [-0.39, 0.29) is 29.6 Å². The maximum Gasteiger partial charge on any atom is 0.246 e. The van der Waals surface area contributed by atoms with Crippen LogP contribution in [-0.2, 0) is 20.8 Å². The van der Waals surface area contributed by atoms with Gasteiger partial charge in [0.1, 0.15) is 17.8 Å². The van der Waals surface area contributed by atoms with E-state index in [1.807, 2.05) is 45.9 Å². The van der Waals surface area contributed by atoms with Crippen LogP contribution in [0.4, 0.5) is 0 Å². The van der Waals surface area contributed by atoms with Crippen LogP contribution in [0, 0.1) is 11.8 Å². The molecule has 182 valence electrons. The molecular weight excluding hydrogens is 420 g/mol. The molecule has 1 aliphatic rings. The topological polar surface area (TPSA) is 109 Å². The first kappa shape index (κ1) is 26.4. The summed E-state index contributed by atoms with van der Waals surface area (Å²) in [6.45, 7) is 7.78. The highest BCUT2D eigenvalue weighted by atomic mass is 16.5. The molecule has 0 radical (unpaired) electrons. The van der Waals surface area contributed by atoms with Gasteiger partial charge >= 0.3 is 0 Å². The molecule has 1 aromatic carbocycles. The predicted molar refractivity (Wildman–Crippen MR) is 129 cm³/mol. The fourth-order valence-corrected chi connectivity index (χ4v) is 3.82. The molecular formula is C25H38N4O4. The van der Waals surface area contributed by atoms with E-state index in [1.165, 1.54) is 0 Å². The number of likely N-dealkylation sites (N-methyl/N-ethyl adjacent to an activating group) is 1. The lowest BCUT2D eigenvalue weighted by Crippen LogP contribution is -2.59. The minimum absolute atomic E-state index is 0.0797. The summed E-state index contributed by atoms with van der Waals surface area (Å²) in [4.78, 5) is 39.4. The van der Waals surface area contributed by atoms with Gasteiger partial charge in [-0.1, -0.05) is 46.6 Å². The normalized spacial score (nSPS) is 24.9. The van der Waals surface area contributed by atoms with E-state index in [2.05, 4.69) is 21.3 Å². The van der Waals surface area contributed by atoms with Crippen LogP contribution in [0.3, 0.4) is 0 Å². The third-order valence-electron chi connectivity index (χ3n) is 6.48. The summed E-state index contributed by atoms with van der Waals surface area (Å²) in [5.74, 6) is -0.448. The minimum atomic E-state index is -0.758. The zero-order chi connectivity index (χ0) is 24.5. The standard InChI is InChI=1S/C25H38N4O4/c1-7-15(3)21-24(31)27-12-11-17-9-10-20(33-6)18(13-17)14-19(26-5)23(30)28-22(16(4)8-2)25(32)29-21/h9-13,15-16,19,21-22,26H,7-8,14H2,1-6H3,(H,27,31)(H,28,30)(H,29,32)/b12-11+/t15-,16-,19-,21-,22-/m0/s1. The number of hydrogen-bond acceptors (Lipinski definition) is 5. The number of benzene rings is 1. The molecule has 8 heteroatoms. The highest BCUT2D eigenvalue weighted by Crippen LogP contribution is 2.23. The first-order valence-corrected chi connectivity index (χ1v) is 11.7. The Kier molecular flexibility index (Phi) is 9.91. The number of rotatable bonds is 6. The van der Waals surface area contributed by atoms with E-state index in [0.29, 0.717) is 25.0 Å². The largest absolute Gasteiger partial charge is 0.496 e. The number of carbonyl (C=O) groups excluding carboxylic acids is 3. The Morgan fingerprint density at radius 3 is 2.18 bits per heavy atom. The number of ether oxygens (including phenoxy) is 1. The second-order valence-corrected chi connectivity index (χ2v) is 8.70. The van der Waals surface area contributed by atoms with Crippen molar-refractivity contribution < 1.29 is 19.1 Å². The van der Waals surface area contributed by atoms with Gasteiger partial charge in [-0.25, -0.2) is 0 Å². The van der Waals surface area contributed by atoms with Crippen LogP contribution < -0.4 is 26.0 Å². The average Bonchev–Trinajstić information content (AvgIpc) is 2.82. The van der Waals surface area contributed by atoms with Crippen molar-refractivity contribution in [2.45, 2.75) is 65.1 Å². The highest BCUT2D eigenvalue weighted by Gasteiger charge is 2.33. The Labute approximate surface area is 196 Å². The van der Waals surface area contributed by atoms with E-state index < -0.39 is 18.1 Å². The average molecular weight is 459 g/mol. The molecule has 2 rings (SSSR count). The van der Waals surface area contributed by atoms with E-state index in [9.17, 15) is 14.4 Å². The van der Waals surface area contributed by atoms with Crippen molar-refractivity contribution in [3.63, 3.8) is 0 Å². The Hall–Kier alpha value is -2.87. The fourth-order valence-electron chi connectivity index (χ4n) is 3.82. The molecule has 1 aliphatic heterocycles. The van der Waals surface area contributed by atoms with Gasteiger partial charge in [0.25, 0.3) is 0 Å². The van der Waals surface area contributed by atoms with Crippen LogP contribution in [0.15, 0.2) is 24.4 Å². The molecule has 8 nitrogen and oxygen atoms in total. The van der Waals surface area contributed by atoms with Gasteiger partial charge in [0.2, 0.25) is 17.7 Å². The van der Waals surface area contributed by atoms with E-state index >= 15 is 0 Å². The second-order valence-electron chi connectivity index (χ2n) is 8.70. The zero-order valence-corrected chi connectivity index (χ0v) is 20.5. The van der Waals surface area contributed by atoms with Gasteiger partial charge in [0.15, 0.2) is 0 Å². The Balaban J connectivity index is 2.52. The van der Waals surface area contributed by atoms with Gasteiger partial charge in [0, 0.05) is 12.6 Å². The molecule has 2 bridgehead atoms. The lowest BCUT2D eigenvalue weighted by Gasteiger charge is -2.29. The van der Waals surface area contributed by atoms with Crippen LogP contribution in [0.2, 0.25) is 0 Å². The fraction of sp³-hybridized carbons (Fsp3) is 0.560. The summed E-state index contributed by atoms with van der Waals surface area (Å²) in [6.07, 6.45) is 5.16. The van der Waals surface area contributed by atoms with Gasteiger partial charge in [-0.2, -0.15) is 0 Å². The minimum Gasteiger partial charge on any atom is -0.496 e. The monoisotopic (exact) mass is 458 g/mol. The van der Waals surface area contributed by atoms with Gasteiger partial charge in [0.05, 0.1) is 13.2 Å². The van der Waals surface area contributed by atoms with Crippen molar-refractivity contribution in [3.05, 3.63) is 35.5 Å². The summed E-state index contributed by atoms with van der Waals surface area (Å²) < 4.78 is 5.49. The predicted octanol–water partition coefficient (Wildman–Crippen LogP) is 1.99. The van der Waals surface area contributed by atoms with E-state index in [1.54, 1.807) is 26.4 Å². The SMILES string of the molecule is CC[C@H](C)[C@@H]1NC(=O)[C@@H](NC)Cc2cc(ccc2OC)/C=C/NC(=O)[C@H]([C@@H](C)CC)NC1=O. The Bertz CT molecular complexity index is 870. The lowest BCUT2D eigenvalue weighted by molar-refractivity contribution is -0.134. The van der Waals surface area contributed by atoms with Crippen LogP contribution in [0.1, 0.15) is 51.7 Å². The number of methoxy groups -OCH3 is 1. The van der Waals surface area contributed by atoms with Crippen LogP contribution in [0.5, 0.6) is 5.75 Å². The van der Waals surface area contributed by atoms with Gasteiger partial charge in [-0.15, -0.1) is 0 Å². The number of hydrogen-bond donors (Lipinski definition) is 4. The number of amides is 3. The van der Waals surface area contributed by atoms with Crippen LogP contribution >= 0.6 is 0 Å². The molecule has 0 spiro atoms. The first-order valence-electron chi connectivity index (χ1n) is 11.7. The molecule has 5 atom stereocenters. The van der Waals surface area contributed by atoms with Crippen molar-refractivity contribution in [3.8, 4) is 5.75 Å². The molecule has 4 N–H and O–H groups in total. The summed E-state index contributed by atoms with van der Waals surface area (Å²) in [6, 6.07) is 3.62. The van der Waals surface area contributed by atoms with Crippen molar-refractivity contribution >= 4 is 23.8 Å². The molecule has 0 aromatic heterocycles. The second kappa shape index (κ2) is 12.4. The molecule has 0 aliphatic carbocycles. The maximum atomic E-state index is 13.3.